The van der Waals surface area contributed by atoms with Crippen molar-refractivity contribution >= 4 is 57.1 Å². The van der Waals surface area contributed by atoms with Crippen LogP contribution in [-0.4, -0.2) is 26.6 Å². The summed E-state index contributed by atoms with van der Waals surface area (Å²) in [7, 11) is 0. The summed E-state index contributed by atoms with van der Waals surface area (Å²) >= 11 is 7.63. The molecule has 1 saturated heterocycles. The lowest BCUT2D eigenvalue weighted by atomic mass is 9.94. The zero-order valence-electron chi connectivity index (χ0n) is 21.4. The quantitative estimate of drug-likeness (QED) is 0.238. The average Bonchev–Trinajstić information content (AvgIpc) is 3.39. The molecule has 4 aromatic rings. The molecule has 1 aliphatic heterocycles. The summed E-state index contributed by atoms with van der Waals surface area (Å²) in [5.74, 6) is 0.0745. The first-order valence-electron chi connectivity index (χ1n) is 13.3. The summed E-state index contributed by atoms with van der Waals surface area (Å²) in [6, 6.07) is 26.6. The van der Waals surface area contributed by atoms with Gasteiger partial charge in [0.25, 0.3) is 5.91 Å². The molecule has 1 aliphatic carbocycles. The number of amides is 1. The number of hydrogen-bond donors (Lipinski definition) is 0. The van der Waals surface area contributed by atoms with Crippen molar-refractivity contribution in [3.05, 3.63) is 106 Å². The number of nitrogens with zero attached hydrogens (tertiary/aromatic N) is 3. The molecular weight excluding hydrogens is 510 g/mol. The van der Waals surface area contributed by atoms with E-state index in [0.29, 0.717) is 0 Å². The Labute approximate surface area is 233 Å². The first-order valence-corrected chi connectivity index (χ1v) is 14.5. The minimum atomic E-state index is 0.0745. The normalized spacial score (nSPS) is 18.8. The number of carbonyl (C=O) groups excluding carboxylic acids is 1. The van der Waals surface area contributed by atoms with Gasteiger partial charge in [0.05, 0.1) is 10.6 Å². The Hall–Kier alpha value is -3.28. The second-order valence-corrected chi connectivity index (χ2v) is 11.5. The van der Waals surface area contributed by atoms with Crippen molar-refractivity contribution in [2.24, 2.45) is 4.99 Å². The summed E-state index contributed by atoms with van der Waals surface area (Å²) < 4.78 is 2.33. The number of rotatable bonds is 5. The van der Waals surface area contributed by atoms with Crippen molar-refractivity contribution in [3.63, 3.8) is 0 Å². The second-order valence-electron chi connectivity index (χ2n) is 10.0. The van der Waals surface area contributed by atoms with Crippen molar-refractivity contribution < 1.29 is 4.79 Å². The Morgan fingerprint density at radius 2 is 1.66 bits per heavy atom. The molecule has 1 amide bonds. The second kappa shape index (κ2) is 10.8. The summed E-state index contributed by atoms with van der Waals surface area (Å²) in [5, 5.41) is 2.68. The molecule has 6 rings (SSSR count). The molecule has 0 atom stereocenters. The van der Waals surface area contributed by atoms with Gasteiger partial charge in [0.2, 0.25) is 0 Å². The summed E-state index contributed by atoms with van der Waals surface area (Å²) in [6.45, 7) is 2.88. The van der Waals surface area contributed by atoms with Crippen LogP contribution in [-0.2, 0) is 11.3 Å². The molecule has 1 saturated carbocycles. The molecule has 0 spiro atoms. The molecular formula is C32H30ClN3OS. The van der Waals surface area contributed by atoms with Crippen LogP contribution in [0, 0.1) is 6.92 Å². The van der Waals surface area contributed by atoms with Crippen molar-refractivity contribution in [1.82, 2.24) is 9.47 Å². The average molecular weight is 540 g/mol. The Kier molecular flexibility index (Phi) is 7.14. The van der Waals surface area contributed by atoms with Gasteiger partial charge in [-0.3, -0.25) is 9.69 Å². The lowest BCUT2D eigenvalue weighted by Crippen LogP contribution is -2.40. The fraction of sp³-hybridized carbons (Fsp3) is 0.250. The van der Waals surface area contributed by atoms with Crippen molar-refractivity contribution in [2.45, 2.75) is 51.6 Å². The monoisotopic (exact) mass is 539 g/mol. The lowest BCUT2D eigenvalue weighted by Gasteiger charge is -2.30. The Morgan fingerprint density at radius 1 is 0.947 bits per heavy atom. The van der Waals surface area contributed by atoms with E-state index in [2.05, 4.69) is 54.0 Å². The third-order valence-corrected chi connectivity index (χ3v) is 8.80. The lowest BCUT2D eigenvalue weighted by molar-refractivity contribution is -0.124. The number of thioether (sulfide) groups is 1. The number of hydrogen-bond acceptors (Lipinski definition) is 3. The molecule has 192 valence electrons. The SMILES string of the molecule is Cc1c(/C=C2\SC(=Nc3ccccc3)N(C3CCCCC3)C2=O)c2ccccc2n1Cc1ccc(Cl)cc1. The standard InChI is InChI=1S/C32H30ClN3OS/c1-22-28(27-14-8-9-15-29(27)35(22)21-23-16-18-24(33)19-17-23)20-30-31(37)36(26-12-6-3-7-13-26)32(38-30)34-25-10-4-2-5-11-25/h2,4-5,8-11,14-20,26H,3,6-7,12-13,21H2,1H3/b30-20-,34-32?. The van der Waals surface area contributed by atoms with Gasteiger partial charge in [0.15, 0.2) is 5.17 Å². The number of aromatic nitrogens is 1. The van der Waals surface area contributed by atoms with E-state index in [1.807, 2.05) is 47.4 Å². The third-order valence-electron chi connectivity index (χ3n) is 7.57. The van der Waals surface area contributed by atoms with Crippen LogP contribution in [0.4, 0.5) is 5.69 Å². The fourth-order valence-corrected chi connectivity index (χ4v) is 6.75. The first kappa shape index (κ1) is 25.0. The number of halogens is 1. The minimum absolute atomic E-state index is 0.0745. The zero-order chi connectivity index (χ0) is 26.1. The maximum absolute atomic E-state index is 13.9. The Balaban J connectivity index is 1.41. The molecule has 38 heavy (non-hydrogen) atoms. The number of carbonyl (C=O) groups is 1. The van der Waals surface area contributed by atoms with Gasteiger partial charge >= 0.3 is 0 Å². The van der Waals surface area contributed by atoms with Gasteiger partial charge in [0, 0.05) is 39.8 Å². The highest BCUT2D eigenvalue weighted by atomic mass is 35.5. The fourth-order valence-electron chi connectivity index (χ4n) is 5.59. The maximum atomic E-state index is 13.9. The van der Waals surface area contributed by atoms with E-state index < -0.39 is 0 Å². The van der Waals surface area contributed by atoms with E-state index in [1.165, 1.54) is 23.7 Å². The van der Waals surface area contributed by atoms with Crippen LogP contribution >= 0.6 is 23.4 Å². The molecule has 0 N–H and O–H groups in total. The molecule has 6 heteroatoms. The Bertz CT molecular complexity index is 1530. The number of amidine groups is 1. The van der Waals surface area contributed by atoms with E-state index in [0.717, 1.165) is 75.2 Å². The largest absolute Gasteiger partial charge is 0.340 e. The van der Waals surface area contributed by atoms with Crippen molar-refractivity contribution in [3.8, 4) is 0 Å². The van der Waals surface area contributed by atoms with Crippen LogP contribution in [0.2, 0.25) is 5.02 Å². The van der Waals surface area contributed by atoms with Crippen LogP contribution in [0.5, 0.6) is 0 Å². The maximum Gasteiger partial charge on any atom is 0.267 e. The van der Waals surface area contributed by atoms with Crippen LogP contribution in [0.3, 0.4) is 0 Å². The summed E-state index contributed by atoms with van der Waals surface area (Å²) in [6.07, 6.45) is 7.72. The van der Waals surface area contributed by atoms with E-state index in [4.69, 9.17) is 16.6 Å². The van der Waals surface area contributed by atoms with Crippen LogP contribution in [0.25, 0.3) is 17.0 Å². The number of para-hydroxylation sites is 2. The predicted molar refractivity (Wildman–Crippen MR) is 160 cm³/mol. The van der Waals surface area contributed by atoms with Crippen LogP contribution in [0.15, 0.2) is 88.8 Å². The third kappa shape index (κ3) is 4.93. The first-order chi connectivity index (χ1) is 18.6. The van der Waals surface area contributed by atoms with E-state index >= 15 is 0 Å². The molecule has 4 nitrogen and oxygen atoms in total. The summed E-state index contributed by atoms with van der Waals surface area (Å²) in [4.78, 5) is 21.6. The van der Waals surface area contributed by atoms with E-state index in [9.17, 15) is 4.79 Å². The number of benzene rings is 3. The topological polar surface area (TPSA) is 37.6 Å². The Morgan fingerprint density at radius 3 is 2.42 bits per heavy atom. The van der Waals surface area contributed by atoms with E-state index in [-0.39, 0.29) is 11.9 Å². The van der Waals surface area contributed by atoms with Crippen molar-refractivity contribution in [1.29, 1.82) is 0 Å². The van der Waals surface area contributed by atoms with Crippen LogP contribution in [0.1, 0.15) is 48.9 Å². The van der Waals surface area contributed by atoms with Gasteiger partial charge in [-0.1, -0.05) is 79.4 Å². The van der Waals surface area contributed by atoms with Gasteiger partial charge in [-0.15, -0.1) is 0 Å². The zero-order valence-corrected chi connectivity index (χ0v) is 23.0. The van der Waals surface area contributed by atoms with Crippen molar-refractivity contribution in [2.75, 3.05) is 0 Å². The smallest absolute Gasteiger partial charge is 0.267 e. The molecule has 2 heterocycles. The summed E-state index contributed by atoms with van der Waals surface area (Å²) in [5.41, 5.74) is 5.45. The molecule has 3 aromatic carbocycles. The predicted octanol–water partition coefficient (Wildman–Crippen LogP) is 8.59. The molecule has 0 unspecified atom stereocenters. The highest BCUT2D eigenvalue weighted by Crippen LogP contribution is 2.40. The van der Waals surface area contributed by atoms with Gasteiger partial charge in [-0.05, 0) is 73.5 Å². The van der Waals surface area contributed by atoms with Crippen LogP contribution < -0.4 is 0 Å². The molecule has 0 bridgehead atoms. The van der Waals surface area contributed by atoms with Gasteiger partial charge in [0.1, 0.15) is 0 Å². The number of fused-ring (bicyclic) bond motifs is 1. The molecule has 2 aliphatic rings. The molecule has 0 radical (unpaired) electrons. The van der Waals surface area contributed by atoms with Gasteiger partial charge in [-0.2, -0.15) is 0 Å². The number of aliphatic imine (C=N–C) groups is 1. The molecule has 2 fully saturated rings. The highest BCUT2D eigenvalue weighted by molar-refractivity contribution is 8.18. The van der Waals surface area contributed by atoms with E-state index in [1.54, 1.807) is 0 Å². The highest BCUT2D eigenvalue weighted by Gasteiger charge is 2.39. The minimum Gasteiger partial charge on any atom is -0.340 e. The van der Waals surface area contributed by atoms with Gasteiger partial charge < -0.3 is 4.57 Å². The van der Waals surface area contributed by atoms with Gasteiger partial charge in [-0.25, -0.2) is 4.99 Å². The molecule has 1 aromatic heterocycles.